The van der Waals surface area contributed by atoms with Gasteiger partial charge in [0, 0.05) is 25.5 Å². The number of fused-ring (bicyclic) bond motifs is 1. The Kier molecular flexibility index (Phi) is 6.04. The minimum Gasteiger partial charge on any atom is -0.496 e. The van der Waals surface area contributed by atoms with Crippen molar-refractivity contribution in [3.63, 3.8) is 0 Å². The maximum atomic E-state index is 12.6. The molecule has 1 aliphatic rings. The van der Waals surface area contributed by atoms with E-state index < -0.39 is 0 Å². The molecule has 1 N–H and O–H groups in total. The molecule has 0 bridgehead atoms. The third-order valence-corrected chi connectivity index (χ3v) is 5.84. The highest BCUT2D eigenvalue weighted by Gasteiger charge is 2.14. The first kappa shape index (κ1) is 20.4. The summed E-state index contributed by atoms with van der Waals surface area (Å²) in [6, 6.07) is 8.24. The van der Waals surface area contributed by atoms with Gasteiger partial charge in [0.25, 0.3) is 5.91 Å². The predicted octanol–water partition coefficient (Wildman–Crippen LogP) is 3.84. The van der Waals surface area contributed by atoms with Crippen LogP contribution in [0.15, 0.2) is 36.7 Å². The number of piperidine rings is 1. The molecule has 0 radical (unpaired) electrons. The Balaban J connectivity index is 1.47. The number of likely N-dealkylation sites (tertiary alicyclic amines) is 1. The maximum Gasteiger partial charge on any atom is 0.271 e. The minimum absolute atomic E-state index is 0.117. The zero-order chi connectivity index (χ0) is 21.1. The van der Waals surface area contributed by atoms with Gasteiger partial charge in [-0.05, 0) is 86.3 Å². The number of nitrogens with one attached hydrogen (secondary N) is 1. The first-order valence-corrected chi connectivity index (χ1v) is 10.7. The van der Waals surface area contributed by atoms with E-state index >= 15 is 0 Å². The van der Waals surface area contributed by atoms with Crippen molar-refractivity contribution in [3.05, 3.63) is 53.5 Å². The molecule has 6 nitrogen and oxygen atoms in total. The molecule has 0 atom stereocenters. The highest BCUT2D eigenvalue weighted by Crippen LogP contribution is 2.30. The van der Waals surface area contributed by atoms with E-state index in [9.17, 15) is 4.79 Å². The Morgan fingerprint density at radius 2 is 1.80 bits per heavy atom. The number of imidazole rings is 1. The topological polar surface area (TPSA) is 58.9 Å². The monoisotopic (exact) mass is 406 g/mol. The van der Waals surface area contributed by atoms with Gasteiger partial charge in [0.2, 0.25) is 0 Å². The number of hydrogen-bond acceptors (Lipinski definition) is 4. The molecule has 3 heterocycles. The summed E-state index contributed by atoms with van der Waals surface area (Å²) in [7, 11) is 1.70. The SMILES string of the molecule is COc1c(C)cc(-c2ccc3nc(C(=O)NCCN4CCCCC4)cn3c2)cc1C. The number of carbonyl (C=O) groups is 1. The van der Waals surface area contributed by atoms with E-state index in [1.807, 2.05) is 22.7 Å². The first-order chi connectivity index (χ1) is 14.5. The molecule has 1 aromatic carbocycles. The second-order valence-electron chi connectivity index (χ2n) is 8.11. The molecule has 0 aliphatic carbocycles. The number of amides is 1. The smallest absolute Gasteiger partial charge is 0.271 e. The van der Waals surface area contributed by atoms with Crippen molar-refractivity contribution in [1.29, 1.82) is 0 Å². The van der Waals surface area contributed by atoms with Crippen LogP contribution in [0.3, 0.4) is 0 Å². The zero-order valence-electron chi connectivity index (χ0n) is 18.1. The Labute approximate surface area is 177 Å². The van der Waals surface area contributed by atoms with Crippen LogP contribution in [-0.2, 0) is 0 Å². The average molecular weight is 407 g/mol. The van der Waals surface area contributed by atoms with Crippen molar-refractivity contribution in [2.24, 2.45) is 0 Å². The lowest BCUT2D eigenvalue weighted by molar-refractivity contribution is 0.0942. The molecule has 3 aromatic rings. The molecule has 0 unspecified atom stereocenters. The second kappa shape index (κ2) is 8.88. The first-order valence-electron chi connectivity index (χ1n) is 10.7. The van der Waals surface area contributed by atoms with E-state index in [4.69, 9.17) is 4.74 Å². The van der Waals surface area contributed by atoms with E-state index in [1.165, 1.54) is 19.3 Å². The fraction of sp³-hybridized carbons (Fsp3) is 0.417. The van der Waals surface area contributed by atoms with Crippen LogP contribution >= 0.6 is 0 Å². The summed E-state index contributed by atoms with van der Waals surface area (Å²) in [5.41, 5.74) is 5.62. The number of carbonyl (C=O) groups excluding carboxylic acids is 1. The number of methoxy groups -OCH3 is 1. The summed E-state index contributed by atoms with van der Waals surface area (Å²) in [6.45, 7) is 7.94. The van der Waals surface area contributed by atoms with Gasteiger partial charge in [-0.3, -0.25) is 4.79 Å². The van der Waals surface area contributed by atoms with Gasteiger partial charge in [0.05, 0.1) is 7.11 Å². The van der Waals surface area contributed by atoms with Crippen molar-refractivity contribution in [3.8, 4) is 16.9 Å². The van der Waals surface area contributed by atoms with Gasteiger partial charge >= 0.3 is 0 Å². The van der Waals surface area contributed by atoms with Crippen LogP contribution in [0.25, 0.3) is 16.8 Å². The van der Waals surface area contributed by atoms with Crippen LogP contribution in [0.4, 0.5) is 0 Å². The van der Waals surface area contributed by atoms with Crippen LogP contribution in [0.2, 0.25) is 0 Å². The Morgan fingerprint density at radius 3 is 2.50 bits per heavy atom. The Bertz CT molecular complexity index is 1030. The third-order valence-electron chi connectivity index (χ3n) is 5.84. The van der Waals surface area contributed by atoms with Crippen LogP contribution < -0.4 is 10.1 Å². The van der Waals surface area contributed by atoms with Crippen LogP contribution in [-0.4, -0.2) is 53.5 Å². The van der Waals surface area contributed by atoms with Crippen LogP contribution in [0, 0.1) is 13.8 Å². The molecule has 1 amide bonds. The van der Waals surface area contributed by atoms with E-state index in [2.05, 4.69) is 41.2 Å². The van der Waals surface area contributed by atoms with Crippen LogP contribution in [0.5, 0.6) is 5.75 Å². The van der Waals surface area contributed by atoms with Gasteiger partial charge in [0.1, 0.15) is 17.1 Å². The fourth-order valence-corrected chi connectivity index (χ4v) is 4.31. The molecule has 30 heavy (non-hydrogen) atoms. The molecular weight excluding hydrogens is 376 g/mol. The van der Waals surface area contributed by atoms with Gasteiger partial charge < -0.3 is 19.4 Å². The summed E-state index contributed by atoms with van der Waals surface area (Å²) < 4.78 is 7.40. The normalized spacial score (nSPS) is 14.8. The molecule has 0 saturated carbocycles. The zero-order valence-corrected chi connectivity index (χ0v) is 18.1. The molecule has 2 aromatic heterocycles. The van der Waals surface area contributed by atoms with Gasteiger partial charge in [-0.1, -0.05) is 6.42 Å². The van der Waals surface area contributed by atoms with E-state index in [0.29, 0.717) is 12.2 Å². The number of pyridine rings is 1. The van der Waals surface area contributed by atoms with Crippen LogP contribution in [0.1, 0.15) is 40.9 Å². The number of aromatic nitrogens is 2. The summed E-state index contributed by atoms with van der Waals surface area (Å²) in [6.07, 6.45) is 7.67. The number of aryl methyl sites for hydroxylation is 2. The molecule has 1 saturated heterocycles. The summed E-state index contributed by atoms with van der Waals surface area (Å²) in [4.78, 5) is 19.5. The Hall–Kier alpha value is -2.86. The third kappa shape index (κ3) is 4.33. The van der Waals surface area contributed by atoms with Gasteiger partial charge in [-0.15, -0.1) is 0 Å². The molecular formula is C24H30N4O2. The average Bonchev–Trinajstić information content (AvgIpc) is 3.18. The number of nitrogens with zero attached hydrogens (tertiary/aromatic N) is 3. The van der Waals surface area contributed by atoms with E-state index in [0.717, 1.165) is 53.3 Å². The highest BCUT2D eigenvalue weighted by molar-refractivity contribution is 5.92. The second-order valence-corrected chi connectivity index (χ2v) is 8.11. The van der Waals surface area contributed by atoms with Crippen molar-refractivity contribution in [2.45, 2.75) is 33.1 Å². The lowest BCUT2D eigenvalue weighted by Gasteiger charge is -2.26. The van der Waals surface area contributed by atoms with Crippen molar-refractivity contribution >= 4 is 11.6 Å². The van der Waals surface area contributed by atoms with E-state index in [1.54, 1.807) is 13.3 Å². The van der Waals surface area contributed by atoms with Crippen molar-refractivity contribution < 1.29 is 9.53 Å². The van der Waals surface area contributed by atoms with Gasteiger partial charge in [-0.25, -0.2) is 4.98 Å². The minimum atomic E-state index is -0.117. The van der Waals surface area contributed by atoms with Crippen molar-refractivity contribution in [2.75, 3.05) is 33.3 Å². The molecule has 6 heteroatoms. The molecule has 4 rings (SSSR count). The predicted molar refractivity (Wildman–Crippen MR) is 119 cm³/mol. The maximum absolute atomic E-state index is 12.6. The standard InChI is InChI=1S/C24H30N4O2/c1-17-13-20(14-18(2)23(17)30-3)19-7-8-22-26-21(16-28(22)15-19)24(29)25-9-12-27-10-5-4-6-11-27/h7-8,13-16H,4-6,9-12H2,1-3H3,(H,25,29). The Morgan fingerprint density at radius 1 is 1.07 bits per heavy atom. The quantitative estimate of drug-likeness (QED) is 0.676. The summed E-state index contributed by atoms with van der Waals surface area (Å²) >= 11 is 0. The molecule has 1 fully saturated rings. The van der Waals surface area contributed by atoms with Gasteiger partial charge in [0.15, 0.2) is 0 Å². The number of benzene rings is 1. The number of rotatable bonds is 6. The lowest BCUT2D eigenvalue weighted by Crippen LogP contribution is -2.37. The molecule has 158 valence electrons. The molecule has 1 aliphatic heterocycles. The van der Waals surface area contributed by atoms with Crippen molar-refractivity contribution in [1.82, 2.24) is 19.6 Å². The summed E-state index contributed by atoms with van der Waals surface area (Å²) in [5.74, 6) is 0.805. The largest absolute Gasteiger partial charge is 0.496 e. The van der Waals surface area contributed by atoms with Gasteiger partial charge in [-0.2, -0.15) is 0 Å². The number of hydrogen-bond donors (Lipinski definition) is 1. The number of ether oxygens (including phenoxy) is 1. The lowest BCUT2D eigenvalue weighted by atomic mass is 10.0. The molecule has 0 spiro atoms. The fourth-order valence-electron chi connectivity index (χ4n) is 4.31. The summed E-state index contributed by atoms with van der Waals surface area (Å²) in [5, 5.41) is 3.01. The van der Waals surface area contributed by atoms with E-state index in [-0.39, 0.29) is 5.91 Å². The highest BCUT2D eigenvalue weighted by atomic mass is 16.5.